The first-order chi connectivity index (χ1) is 7.20. The molecule has 1 saturated heterocycles. The third kappa shape index (κ3) is 2.71. The number of cyclic esters (lactones) is 1. The molecule has 0 N–H and O–H groups in total. The second-order valence-corrected chi connectivity index (χ2v) is 3.12. The molecule has 1 atom stereocenters. The Morgan fingerprint density at radius 1 is 1.80 bits per heavy atom. The van der Waals surface area contributed by atoms with Crippen molar-refractivity contribution in [3.8, 4) is 0 Å². The Labute approximate surface area is 88.6 Å². The highest BCUT2D eigenvalue weighted by atomic mass is 16.6. The summed E-state index contributed by atoms with van der Waals surface area (Å²) in [5.74, 6) is -0.410. The van der Waals surface area contributed by atoms with Crippen LogP contribution in [-0.2, 0) is 14.3 Å². The molecule has 1 rings (SSSR count). The van der Waals surface area contributed by atoms with Gasteiger partial charge in [-0.25, -0.2) is 9.59 Å². The van der Waals surface area contributed by atoms with Crippen molar-refractivity contribution in [2.24, 2.45) is 0 Å². The van der Waals surface area contributed by atoms with E-state index in [1.165, 1.54) is 4.90 Å². The minimum atomic E-state index is -0.600. The molecule has 0 aromatic rings. The Kier molecular flexibility index (Phi) is 4.15. The van der Waals surface area contributed by atoms with Crippen LogP contribution in [0, 0.1) is 0 Å². The molecule has 5 heteroatoms. The Hall–Kier alpha value is -1.52. The zero-order valence-corrected chi connectivity index (χ0v) is 8.77. The second kappa shape index (κ2) is 5.38. The van der Waals surface area contributed by atoms with E-state index >= 15 is 0 Å². The van der Waals surface area contributed by atoms with E-state index in [-0.39, 0.29) is 6.61 Å². The van der Waals surface area contributed by atoms with Gasteiger partial charge in [-0.1, -0.05) is 6.08 Å². The average Bonchev–Trinajstić information content (AvgIpc) is 2.57. The molecule has 5 nitrogen and oxygen atoms in total. The lowest BCUT2D eigenvalue weighted by Gasteiger charge is -2.18. The van der Waals surface area contributed by atoms with Gasteiger partial charge in [0.1, 0.15) is 6.61 Å². The van der Waals surface area contributed by atoms with E-state index in [1.807, 2.05) is 0 Å². The number of ether oxygens (including phenoxy) is 2. The minimum absolute atomic E-state index is 0.0782. The van der Waals surface area contributed by atoms with Crippen LogP contribution in [0.2, 0.25) is 0 Å². The summed E-state index contributed by atoms with van der Waals surface area (Å²) in [5.41, 5.74) is 0. The maximum atomic E-state index is 11.4. The molecule has 84 valence electrons. The van der Waals surface area contributed by atoms with Gasteiger partial charge >= 0.3 is 12.1 Å². The molecule has 0 bridgehead atoms. The lowest BCUT2D eigenvalue weighted by Crippen LogP contribution is -2.41. The van der Waals surface area contributed by atoms with E-state index in [0.29, 0.717) is 19.6 Å². The summed E-state index contributed by atoms with van der Waals surface area (Å²) in [6, 6.07) is -0.600. The predicted octanol–water partition coefficient (Wildman–Crippen LogP) is 0.946. The minimum Gasteiger partial charge on any atom is -0.464 e. The van der Waals surface area contributed by atoms with Gasteiger partial charge in [0.05, 0.1) is 6.61 Å². The average molecular weight is 213 g/mol. The van der Waals surface area contributed by atoms with Crippen LogP contribution in [0.4, 0.5) is 4.79 Å². The summed E-state index contributed by atoms with van der Waals surface area (Å²) in [5, 5.41) is 0. The Morgan fingerprint density at radius 3 is 3.13 bits per heavy atom. The van der Waals surface area contributed by atoms with Crippen LogP contribution in [-0.4, -0.2) is 42.8 Å². The number of nitrogens with zero attached hydrogens (tertiary/aromatic N) is 1. The van der Waals surface area contributed by atoms with E-state index in [0.717, 1.165) is 0 Å². The van der Waals surface area contributed by atoms with Crippen molar-refractivity contribution >= 4 is 12.1 Å². The van der Waals surface area contributed by atoms with Gasteiger partial charge in [-0.05, 0) is 13.3 Å². The summed E-state index contributed by atoms with van der Waals surface area (Å²) in [6.45, 7) is 6.10. The molecule has 0 aliphatic carbocycles. The third-order valence-electron chi connectivity index (χ3n) is 2.11. The molecule has 0 aromatic heterocycles. The van der Waals surface area contributed by atoms with Gasteiger partial charge in [-0.3, -0.25) is 4.90 Å². The fourth-order valence-corrected chi connectivity index (χ4v) is 1.36. The molecule has 1 amide bonds. The number of carbonyl (C=O) groups excluding carboxylic acids is 2. The van der Waals surface area contributed by atoms with Crippen LogP contribution < -0.4 is 0 Å². The number of rotatable bonds is 5. The van der Waals surface area contributed by atoms with Gasteiger partial charge in [0.15, 0.2) is 6.04 Å². The first kappa shape index (κ1) is 11.6. The Morgan fingerprint density at radius 2 is 2.53 bits per heavy atom. The summed E-state index contributed by atoms with van der Waals surface area (Å²) in [6.07, 6.45) is 1.86. The van der Waals surface area contributed by atoms with Gasteiger partial charge in [-0.2, -0.15) is 0 Å². The molecule has 15 heavy (non-hydrogen) atoms. The fourth-order valence-electron chi connectivity index (χ4n) is 1.36. The Balaban J connectivity index is 2.58. The molecule has 1 aliphatic heterocycles. The molecular weight excluding hydrogens is 198 g/mol. The van der Waals surface area contributed by atoms with Crippen molar-refractivity contribution in [1.82, 2.24) is 4.90 Å². The number of amides is 1. The van der Waals surface area contributed by atoms with Crippen LogP contribution in [0.25, 0.3) is 0 Å². The quantitative estimate of drug-likeness (QED) is 0.504. The molecule has 0 aromatic carbocycles. The van der Waals surface area contributed by atoms with E-state index in [4.69, 9.17) is 9.47 Å². The summed E-state index contributed by atoms with van der Waals surface area (Å²) >= 11 is 0. The third-order valence-corrected chi connectivity index (χ3v) is 2.11. The van der Waals surface area contributed by atoms with Gasteiger partial charge in [0.25, 0.3) is 0 Å². The van der Waals surface area contributed by atoms with Gasteiger partial charge < -0.3 is 9.47 Å². The molecule has 0 spiro atoms. The van der Waals surface area contributed by atoms with E-state index in [1.54, 1.807) is 13.0 Å². The zero-order valence-electron chi connectivity index (χ0n) is 8.77. The van der Waals surface area contributed by atoms with Crippen molar-refractivity contribution in [2.45, 2.75) is 19.4 Å². The number of carbonyl (C=O) groups is 2. The van der Waals surface area contributed by atoms with Gasteiger partial charge in [0.2, 0.25) is 0 Å². The maximum absolute atomic E-state index is 11.4. The smallest absolute Gasteiger partial charge is 0.410 e. The molecule has 0 saturated carbocycles. The topological polar surface area (TPSA) is 55.8 Å². The van der Waals surface area contributed by atoms with Crippen molar-refractivity contribution in [1.29, 1.82) is 0 Å². The van der Waals surface area contributed by atoms with Crippen molar-refractivity contribution < 1.29 is 19.1 Å². The maximum Gasteiger partial charge on any atom is 0.410 e. The predicted molar refractivity (Wildman–Crippen MR) is 53.3 cm³/mol. The molecule has 1 aliphatic rings. The molecular formula is C10H15NO4. The number of esters is 1. The summed E-state index contributed by atoms with van der Waals surface area (Å²) in [7, 11) is 0. The molecule has 0 radical (unpaired) electrons. The van der Waals surface area contributed by atoms with Crippen molar-refractivity contribution in [3.05, 3.63) is 12.7 Å². The Bertz CT molecular complexity index is 264. The molecule has 1 heterocycles. The van der Waals surface area contributed by atoms with Gasteiger partial charge in [-0.15, -0.1) is 6.58 Å². The summed E-state index contributed by atoms with van der Waals surface area (Å²) < 4.78 is 9.64. The monoisotopic (exact) mass is 213 g/mol. The summed E-state index contributed by atoms with van der Waals surface area (Å²) in [4.78, 5) is 24.1. The highest BCUT2D eigenvalue weighted by molar-refractivity contribution is 5.84. The van der Waals surface area contributed by atoms with E-state index in [9.17, 15) is 9.59 Å². The van der Waals surface area contributed by atoms with Crippen molar-refractivity contribution in [2.75, 3.05) is 19.8 Å². The van der Waals surface area contributed by atoms with Crippen molar-refractivity contribution in [3.63, 3.8) is 0 Å². The first-order valence-corrected chi connectivity index (χ1v) is 4.91. The van der Waals surface area contributed by atoms with E-state index in [2.05, 4.69) is 6.58 Å². The largest absolute Gasteiger partial charge is 0.464 e. The molecule has 1 fully saturated rings. The van der Waals surface area contributed by atoms with E-state index < -0.39 is 18.1 Å². The zero-order chi connectivity index (χ0) is 11.3. The lowest BCUT2D eigenvalue weighted by molar-refractivity contribution is -0.147. The molecule has 0 unspecified atom stereocenters. The van der Waals surface area contributed by atoms with Gasteiger partial charge in [0, 0.05) is 6.54 Å². The lowest BCUT2D eigenvalue weighted by atomic mass is 10.2. The van der Waals surface area contributed by atoms with Crippen LogP contribution >= 0.6 is 0 Å². The first-order valence-electron chi connectivity index (χ1n) is 4.91. The standard InChI is InChI=1S/C10H15NO4/c1-3-5-6-11-8(7-15-10(11)13)9(12)14-4-2/h3,8H,1,4-7H2,2H3/t8-/m0/s1. The van der Waals surface area contributed by atoms with Crippen LogP contribution in [0.15, 0.2) is 12.7 Å². The second-order valence-electron chi connectivity index (χ2n) is 3.12. The van der Waals surface area contributed by atoms with Crippen LogP contribution in [0.3, 0.4) is 0 Å². The van der Waals surface area contributed by atoms with Crippen LogP contribution in [0.5, 0.6) is 0 Å². The number of hydrogen-bond donors (Lipinski definition) is 0. The van der Waals surface area contributed by atoms with Crippen LogP contribution in [0.1, 0.15) is 13.3 Å². The fraction of sp³-hybridized carbons (Fsp3) is 0.600. The number of hydrogen-bond acceptors (Lipinski definition) is 4. The SMILES string of the molecule is C=CCCN1C(=O)OC[C@H]1C(=O)OCC. The highest BCUT2D eigenvalue weighted by Gasteiger charge is 2.38. The normalized spacial score (nSPS) is 19.9. The highest BCUT2D eigenvalue weighted by Crippen LogP contribution is 2.14.